The molecule has 0 aliphatic carbocycles. The van der Waals surface area contributed by atoms with Gasteiger partial charge in [0.15, 0.2) is 0 Å². The molecule has 15 heavy (non-hydrogen) atoms. The van der Waals surface area contributed by atoms with Crippen molar-refractivity contribution in [2.24, 2.45) is 0 Å². The van der Waals surface area contributed by atoms with Crippen LogP contribution in [-0.2, 0) is 10.0 Å². The van der Waals surface area contributed by atoms with Crippen molar-refractivity contribution in [3.05, 3.63) is 16.3 Å². The quantitative estimate of drug-likeness (QED) is 0.829. The molecule has 0 spiro atoms. The van der Waals surface area contributed by atoms with Crippen LogP contribution in [0, 0.1) is 0 Å². The van der Waals surface area contributed by atoms with Crippen LogP contribution in [0.4, 0.5) is 0 Å². The van der Waals surface area contributed by atoms with Crippen LogP contribution in [0.1, 0.15) is 10.9 Å². The fourth-order valence-corrected chi connectivity index (χ4v) is 4.36. The van der Waals surface area contributed by atoms with E-state index in [0.717, 1.165) is 4.88 Å². The van der Waals surface area contributed by atoms with E-state index in [9.17, 15) is 8.42 Å². The fourth-order valence-electron chi connectivity index (χ4n) is 1.60. The number of nitrogens with zero attached hydrogens (tertiary/aromatic N) is 1. The van der Waals surface area contributed by atoms with Gasteiger partial charge in [-0.05, 0) is 18.5 Å². The van der Waals surface area contributed by atoms with Crippen LogP contribution in [0.5, 0.6) is 0 Å². The van der Waals surface area contributed by atoms with Crippen LogP contribution in [0.3, 0.4) is 0 Å². The Morgan fingerprint density at radius 3 is 2.87 bits per heavy atom. The lowest BCUT2D eigenvalue weighted by Crippen LogP contribution is -2.39. The van der Waals surface area contributed by atoms with Crippen LogP contribution in [0.15, 0.2) is 16.3 Å². The van der Waals surface area contributed by atoms with Crippen molar-refractivity contribution >= 4 is 33.8 Å². The van der Waals surface area contributed by atoms with Crippen molar-refractivity contribution in [2.75, 3.05) is 20.6 Å². The number of sulfonamides is 1. The molecule has 2 heterocycles. The zero-order chi connectivity index (χ0) is 10.3. The third kappa shape index (κ3) is 1.92. The van der Waals surface area contributed by atoms with Gasteiger partial charge in [0.1, 0.15) is 0 Å². The highest BCUT2D eigenvalue weighted by Crippen LogP contribution is 2.34. The molecule has 0 radical (unpaired) electrons. The Morgan fingerprint density at radius 1 is 1.60 bits per heavy atom. The lowest BCUT2D eigenvalue weighted by atomic mass is 10.2. The summed E-state index contributed by atoms with van der Waals surface area (Å²) in [4.78, 5) is 1.38. The molecule has 2 rings (SSSR count). The first-order valence-corrected chi connectivity index (χ1v) is 6.60. The Morgan fingerprint density at radius 2 is 2.27 bits per heavy atom. The fraction of sp³-hybridized carbons (Fsp3) is 0.500. The molecule has 0 saturated heterocycles. The van der Waals surface area contributed by atoms with Gasteiger partial charge >= 0.3 is 0 Å². The number of thiophene rings is 1. The van der Waals surface area contributed by atoms with Crippen molar-refractivity contribution in [1.82, 2.24) is 9.62 Å². The number of hydrogen-bond donors (Lipinski definition) is 1. The average Bonchev–Trinajstić information content (AvgIpc) is 2.61. The molecule has 0 aromatic carbocycles. The van der Waals surface area contributed by atoms with E-state index in [1.54, 1.807) is 13.1 Å². The van der Waals surface area contributed by atoms with Crippen LogP contribution in [-0.4, -0.2) is 33.4 Å². The summed E-state index contributed by atoms with van der Waals surface area (Å²) in [7, 11) is 0.242. The molecule has 0 amide bonds. The smallest absolute Gasteiger partial charge is 0.244 e. The maximum atomic E-state index is 11.8. The van der Waals surface area contributed by atoms with Gasteiger partial charge in [-0.3, -0.25) is 0 Å². The minimum atomic E-state index is -3.22. The van der Waals surface area contributed by atoms with Crippen molar-refractivity contribution < 1.29 is 8.42 Å². The SMILES string of the molecule is CNC1CN(C)S(=O)(=O)c2ccsc21.Cl. The monoisotopic (exact) mass is 268 g/mol. The molecule has 0 saturated carbocycles. The van der Waals surface area contributed by atoms with Crippen LogP contribution < -0.4 is 5.32 Å². The van der Waals surface area contributed by atoms with Crippen molar-refractivity contribution in [3.63, 3.8) is 0 Å². The van der Waals surface area contributed by atoms with Crippen LogP contribution in [0.25, 0.3) is 0 Å². The van der Waals surface area contributed by atoms with E-state index in [-0.39, 0.29) is 18.4 Å². The van der Waals surface area contributed by atoms with Crippen molar-refractivity contribution in [1.29, 1.82) is 0 Å². The second-order valence-corrected chi connectivity index (χ2v) is 6.24. The molecule has 1 aromatic rings. The van der Waals surface area contributed by atoms with Gasteiger partial charge in [-0.15, -0.1) is 23.7 Å². The van der Waals surface area contributed by atoms with E-state index < -0.39 is 10.0 Å². The maximum absolute atomic E-state index is 11.8. The first kappa shape index (κ1) is 12.9. The van der Waals surface area contributed by atoms with Gasteiger partial charge in [-0.1, -0.05) is 0 Å². The largest absolute Gasteiger partial charge is 0.311 e. The van der Waals surface area contributed by atoms with E-state index in [1.165, 1.54) is 15.6 Å². The molecule has 1 aliphatic rings. The molecule has 4 nitrogen and oxygen atoms in total. The number of fused-ring (bicyclic) bond motifs is 1. The van der Waals surface area contributed by atoms with Gasteiger partial charge in [0.25, 0.3) is 0 Å². The second kappa shape index (κ2) is 4.39. The molecule has 0 fully saturated rings. The Balaban J connectivity index is 0.00000112. The molecule has 1 N–H and O–H groups in total. The zero-order valence-electron chi connectivity index (χ0n) is 8.43. The summed E-state index contributed by atoms with van der Waals surface area (Å²) in [6, 6.07) is 1.80. The van der Waals surface area contributed by atoms with Gasteiger partial charge in [0.05, 0.1) is 10.9 Å². The van der Waals surface area contributed by atoms with E-state index in [2.05, 4.69) is 5.32 Å². The van der Waals surface area contributed by atoms with E-state index in [1.807, 2.05) is 12.4 Å². The standard InChI is InChI=1S/C8H12N2O2S2.ClH/c1-9-6-5-10(2)14(11,12)7-3-4-13-8(6)7;/h3-4,6,9H,5H2,1-2H3;1H. The molecule has 1 atom stereocenters. The number of rotatable bonds is 1. The van der Waals surface area contributed by atoms with Crippen LogP contribution >= 0.6 is 23.7 Å². The third-order valence-corrected chi connectivity index (χ3v) is 5.49. The molecule has 7 heteroatoms. The van der Waals surface area contributed by atoms with Gasteiger partial charge in [0, 0.05) is 18.5 Å². The highest BCUT2D eigenvalue weighted by Gasteiger charge is 2.34. The zero-order valence-corrected chi connectivity index (χ0v) is 10.9. The minimum absolute atomic E-state index is 0. The van der Waals surface area contributed by atoms with Gasteiger partial charge in [0.2, 0.25) is 10.0 Å². The maximum Gasteiger partial charge on any atom is 0.244 e. The highest BCUT2D eigenvalue weighted by atomic mass is 35.5. The Labute approximate surface area is 99.7 Å². The molecule has 1 aromatic heterocycles. The first-order chi connectivity index (χ1) is 6.57. The molecular weight excluding hydrogens is 256 g/mol. The van der Waals surface area contributed by atoms with E-state index in [4.69, 9.17) is 0 Å². The number of nitrogens with one attached hydrogen (secondary N) is 1. The molecular formula is C8H13ClN2O2S2. The average molecular weight is 269 g/mol. The summed E-state index contributed by atoms with van der Waals surface area (Å²) in [5.74, 6) is 0. The number of likely N-dealkylation sites (N-methyl/N-ethyl adjacent to an activating group) is 2. The Bertz CT molecular complexity index is 443. The lowest BCUT2D eigenvalue weighted by Gasteiger charge is -2.28. The molecule has 1 unspecified atom stereocenters. The van der Waals surface area contributed by atoms with Crippen molar-refractivity contribution in [2.45, 2.75) is 10.9 Å². The predicted octanol–water partition coefficient (Wildman–Crippen LogP) is 1.06. The summed E-state index contributed by atoms with van der Waals surface area (Å²) in [5.41, 5.74) is 0. The summed E-state index contributed by atoms with van der Waals surface area (Å²) in [6.45, 7) is 0.506. The van der Waals surface area contributed by atoms with E-state index >= 15 is 0 Å². The highest BCUT2D eigenvalue weighted by molar-refractivity contribution is 7.89. The van der Waals surface area contributed by atoms with Gasteiger partial charge in [-0.25, -0.2) is 8.42 Å². The van der Waals surface area contributed by atoms with Gasteiger partial charge < -0.3 is 5.32 Å². The topological polar surface area (TPSA) is 49.4 Å². The number of halogens is 1. The van der Waals surface area contributed by atoms with E-state index in [0.29, 0.717) is 11.4 Å². The van der Waals surface area contributed by atoms with Crippen molar-refractivity contribution in [3.8, 4) is 0 Å². The second-order valence-electron chi connectivity index (χ2n) is 3.28. The van der Waals surface area contributed by atoms with Gasteiger partial charge in [-0.2, -0.15) is 4.31 Å². The number of hydrogen-bond acceptors (Lipinski definition) is 4. The molecule has 86 valence electrons. The summed E-state index contributed by atoms with van der Waals surface area (Å²) in [5, 5.41) is 4.94. The normalized spacial score (nSPS) is 24.3. The Hall–Kier alpha value is -0.140. The summed E-state index contributed by atoms with van der Waals surface area (Å²) >= 11 is 1.49. The van der Waals surface area contributed by atoms with Crippen LogP contribution in [0.2, 0.25) is 0 Å². The summed E-state index contributed by atoms with van der Waals surface area (Å²) < 4.78 is 25.1. The minimum Gasteiger partial charge on any atom is -0.311 e. The third-order valence-electron chi connectivity index (χ3n) is 2.45. The predicted molar refractivity (Wildman–Crippen MR) is 63.2 cm³/mol. The molecule has 1 aliphatic heterocycles. The molecule has 0 bridgehead atoms. The lowest BCUT2D eigenvalue weighted by molar-refractivity contribution is 0.396. The summed E-state index contributed by atoms with van der Waals surface area (Å²) in [6.07, 6.45) is 0. The first-order valence-electron chi connectivity index (χ1n) is 4.28. The Kier molecular flexibility index (Phi) is 3.78.